The number of fused-ring (bicyclic) bond motifs is 1. The van der Waals surface area contributed by atoms with E-state index in [2.05, 4.69) is 0 Å². The fourth-order valence-electron chi connectivity index (χ4n) is 2.07. The van der Waals surface area contributed by atoms with Gasteiger partial charge in [0.15, 0.2) is 5.43 Å². The summed E-state index contributed by atoms with van der Waals surface area (Å²) in [7, 11) is 0. The summed E-state index contributed by atoms with van der Waals surface area (Å²) in [6.45, 7) is 1.95. The summed E-state index contributed by atoms with van der Waals surface area (Å²) in [6.07, 6.45) is 1.50. The maximum atomic E-state index is 12.5. The molecule has 1 aromatic heterocycles. The lowest BCUT2D eigenvalue weighted by molar-refractivity contribution is 0.604. The topological polar surface area (TPSA) is 30.2 Å². The molecule has 0 aliphatic carbocycles. The van der Waals surface area contributed by atoms with Gasteiger partial charge in [-0.3, -0.25) is 4.79 Å². The van der Waals surface area contributed by atoms with E-state index in [-0.39, 0.29) is 5.43 Å². The zero-order chi connectivity index (χ0) is 13.4. The fraction of sp³-hybridized carbons (Fsp3) is 0.0625. The largest absolute Gasteiger partial charge is 0.463 e. The Morgan fingerprint density at radius 3 is 2.53 bits per heavy atom. The second kappa shape index (κ2) is 4.56. The van der Waals surface area contributed by atoms with Gasteiger partial charge in [-0.25, -0.2) is 0 Å². The van der Waals surface area contributed by atoms with Crippen LogP contribution in [0.2, 0.25) is 5.02 Å². The molecule has 3 aromatic rings. The van der Waals surface area contributed by atoms with Crippen LogP contribution in [-0.2, 0) is 0 Å². The molecular formula is C16H11ClO2. The van der Waals surface area contributed by atoms with Crippen LogP contribution in [0.1, 0.15) is 5.56 Å². The average Bonchev–Trinajstić information content (AvgIpc) is 2.41. The highest BCUT2D eigenvalue weighted by molar-refractivity contribution is 6.30. The summed E-state index contributed by atoms with van der Waals surface area (Å²) in [4.78, 5) is 12.5. The van der Waals surface area contributed by atoms with Gasteiger partial charge in [0.1, 0.15) is 11.8 Å². The van der Waals surface area contributed by atoms with Crippen LogP contribution in [0.4, 0.5) is 0 Å². The van der Waals surface area contributed by atoms with Gasteiger partial charge in [0.2, 0.25) is 0 Å². The van der Waals surface area contributed by atoms with Crippen LogP contribution >= 0.6 is 11.6 Å². The number of hydrogen-bond donors (Lipinski definition) is 0. The van der Waals surface area contributed by atoms with Crippen molar-refractivity contribution in [1.29, 1.82) is 0 Å². The Morgan fingerprint density at radius 1 is 1.05 bits per heavy atom. The molecule has 0 radical (unpaired) electrons. The van der Waals surface area contributed by atoms with E-state index in [1.165, 1.54) is 6.26 Å². The first-order chi connectivity index (χ1) is 9.15. The molecule has 0 amide bonds. The third-order valence-electron chi connectivity index (χ3n) is 3.08. The zero-order valence-corrected chi connectivity index (χ0v) is 11.1. The van der Waals surface area contributed by atoms with Gasteiger partial charge in [0, 0.05) is 5.02 Å². The highest BCUT2D eigenvalue weighted by Crippen LogP contribution is 2.22. The number of halogens is 1. The molecule has 0 unspecified atom stereocenters. The Bertz CT molecular complexity index is 801. The van der Waals surface area contributed by atoms with Gasteiger partial charge in [-0.05, 0) is 36.8 Å². The molecule has 0 saturated heterocycles. The normalized spacial score (nSPS) is 10.8. The zero-order valence-electron chi connectivity index (χ0n) is 10.3. The van der Waals surface area contributed by atoms with E-state index in [1.54, 1.807) is 12.1 Å². The molecule has 2 aromatic carbocycles. The molecule has 0 N–H and O–H groups in total. The first-order valence-electron chi connectivity index (χ1n) is 5.93. The van der Waals surface area contributed by atoms with Gasteiger partial charge in [-0.2, -0.15) is 0 Å². The molecule has 19 heavy (non-hydrogen) atoms. The molecule has 3 heteroatoms. The molecule has 0 spiro atoms. The second-order valence-electron chi connectivity index (χ2n) is 4.49. The van der Waals surface area contributed by atoms with Crippen molar-refractivity contribution in [1.82, 2.24) is 0 Å². The van der Waals surface area contributed by atoms with Crippen molar-refractivity contribution >= 4 is 22.6 Å². The lowest BCUT2D eigenvalue weighted by Gasteiger charge is -2.03. The van der Waals surface area contributed by atoms with E-state index in [9.17, 15) is 4.79 Å². The Kier molecular flexibility index (Phi) is 2.88. The third-order valence-corrected chi connectivity index (χ3v) is 3.34. The van der Waals surface area contributed by atoms with Crippen LogP contribution in [0.5, 0.6) is 0 Å². The lowest BCUT2D eigenvalue weighted by Crippen LogP contribution is -2.04. The molecule has 0 fully saturated rings. The monoisotopic (exact) mass is 270 g/mol. The molecular weight excluding hydrogens is 260 g/mol. The van der Waals surface area contributed by atoms with E-state index < -0.39 is 0 Å². The van der Waals surface area contributed by atoms with E-state index in [0.717, 1.165) is 11.1 Å². The SMILES string of the molecule is Cc1ccc2occ(-c3ccc(Cl)cc3)c(=O)c2c1. The maximum absolute atomic E-state index is 12.5. The van der Waals surface area contributed by atoms with Gasteiger partial charge in [0.25, 0.3) is 0 Å². The Labute approximate surface area is 115 Å². The van der Waals surface area contributed by atoms with Crippen LogP contribution in [0.15, 0.2) is 57.9 Å². The summed E-state index contributed by atoms with van der Waals surface area (Å²) < 4.78 is 5.53. The summed E-state index contributed by atoms with van der Waals surface area (Å²) in [5.41, 5.74) is 2.98. The van der Waals surface area contributed by atoms with Gasteiger partial charge < -0.3 is 4.42 Å². The minimum Gasteiger partial charge on any atom is -0.463 e. The molecule has 1 heterocycles. The van der Waals surface area contributed by atoms with Crippen LogP contribution in [0.3, 0.4) is 0 Å². The predicted molar refractivity (Wildman–Crippen MR) is 77.7 cm³/mol. The van der Waals surface area contributed by atoms with Crippen LogP contribution in [0.25, 0.3) is 22.1 Å². The number of benzene rings is 2. The molecule has 0 atom stereocenters. The smallest absolute Gasteiger partial charge is 0.200 e. The molecule has 0 aliphatic heterocycles. The van der Waals surface area contributed by atoms with Crippen molar-refractivity contribution < 1.29 is 4.42 Å². The Morgan fingerprint density at radius 2 is 1.79 bits per heavy atom. The molecule has 0 saturated carbocycles. The van der Waals surface area contributed by atoms with E-state index in [4.69, 9.17) is 16.0 Å². The van der Waals surface area contributed by atoms with Crippen molar-refractivity contribution in [2.75, 3.05) is 0 Å². The second-order valence-corrected chi connectivity index (χ2v) is 4.92. The number of aryl methyl sites for hydroxylation is 1. The molecule has 2 nitrogen and oxygen atoms in total. The Balaban J connectivity index is 2.28. The Hall–Kier alpha value is -2.06. The molecule has 3 rings (SSSR count). The highest BCUT2D eigenvalue weighted by Gasteiger charge is 2.09. The van der Waals surface area contributed by atoms with Gasteiger partial charge in [-0.15, -0.1) is 0 Å². The summed E-state index contributed by atoms with van der Waals surface area (Å²) in [5.74, 6) is 0. The lowest BCUT2D eigenvalue weighted by atomic mass is 10.0. The van der Waals surface area contributed by atoms with Crippen LogP contribution in [0, 0.1) is 6.92 Å². The molecule has 0 aliphatic rings. The molecule has 94 valence electrons. The van der Waals surface area contributed by atoms with Crippen molar-refractivity contribution in [3.05, 3.63) is 69.5 Å². The highest BCUT2D eigenvalue weighted by atomic mass is 35.5. The first-order valence-corrected chi connectivity index (χ1v) is 6.31. The van der Waals surface area contributed by atoms with Crippen LogP contribution < -0.4 is 5.43 Å². The third kappa shape index (κ3) is 2.15. The first kappa shape index (κ1) is 12.0. The van der Waals surface area contributed by atoms with E-state index in [1.807, 2.05) is 37.3 Å². The van der Waals surface area contributed by atoms with E-state index in [0.29, 0.717) is 21.6 Å². The maximum Gasteiger partial charge on any atom is 0.200 e. The van der Waals surface area contributed by atoms with Crippen molar-refractivity contribution in [2.24, 2.45) is 0 Å². The van der Waals surface area contributed by atoms with Crippen molar-refractivity contribution in [3.8, 4) is 11.1 Å². The number of rotatable bonds is 1. The quantitative estimate of drug-likeness (QED) is 0.655. The van der Waals surface area contributed by atoms with Crippen LogP contribution in [-0.4, -0.2) is 0 Å². The van der Waals surface area contributed by atoms with Gasteiger partial charge in [0.05, 0.1) is 10.9 Å². The van der Waals surface area contributed by atoms with E-state index >= 15 is 0 Å². The predicted octanol–water partition coefficient (Wildman–Crippen LogP) is 4.42. The van der Waals surface area contributed by atoms with Gasteiger partial charge >= 0.3 is 0 Å². The minimum atomic E-state index is -0.0210. The average molecular weight is 271 g/mol. The fourth-order valence-corrected chi connectivity index (χ4v) is 2.20. The summed E-state index contributed by atoms with van der Waals surface area (Å²) in [5, 5.41) is 1.25. The standard InChI is InChI=1S/C16H11ClO2/c1-10-2-7-15-13(8-10)16(18)14(9-19-15)11-3-5-12(17)6-4-11/h2-9H,1H3. The summed E-state index contributed by atoms with van der Waals surface area (Å²) >= 11 is 5.85. The minimum absolute atomic E-state index is 0.0210. The summed E-state index contributed by atoms with van der Waals surface area (Å²) in [6, 6.07) is 12.7. The van der Waals surface area contributed by atoms with Crippen molar-refractivity contribution in [2.45, 2.75) is 6.92 Å². The van der Waals surface area contributed by atoms with Gasteiger partial charge in [-0.1, -0.05) is 35.4 Å². The van der Waals surface area contributed by atoms with Crippen molar-refractivity contribution in [3.63, 3.8) is 0 Å². The molecule has 0 bridgehead atoms. The number of hydrogen-bond acceptors (Lipinski definition) is 2.